The van der Waals surface area contributed by atoms with Gasteiger partial charge >= 0.3 is 0 Å². The van der Waals surface area contributed by atoms with Crippen LogP contribution >= 0.6 is 0 Å². The normalized spacial score (nSPS) is 21.3. The number of nitrogens with zero attached hydrogens (tertiary/aromatic N) is 4. The molecule has 0 spiro atoms. The number of ether oxygens (including phenoxy) is 1. The van der Waals surface area contributed by atoms with Crippen molar-refractivity contribution in [3.8, 4) is 0 Å². The van der Waals surface area contributed by atoms with Crippen LogP contribution in [0, 0.1) is 0 Å². The SMILES string of the molecule is CCc1nn(C)c(CC)c1CN[C@H]1CCCO[C@@H]1c1nccn1C. The molecule has 24 heavy (non-hydrogen) atoms. The van der Waals surface area contributed by atoms with Gasteiger partial charge in [-0.05, 0) is 25.7 Å². The Labute approximate surface area is 144 Å². The van der Waals surface area contributed by atoms with Gasteiger partial charge in [-0.2, -0.15) is 5.10 Å². The number of aryl methyl sites for hydroxylation is 3. The highest BCUT2D eigenvalue weighted by Gasteiger charge is 2.30. The molecular formula is C18H29N5O. The third-order valence-corrected chi connectivity index (χ3v) is 5.00. The standard InChI is InChI=1S/C18H29N5O/c1-5-14-13(16(6-2)23(4)21-14)12-20-15-8-7-11-24-17(15)18-19-9-10-22(18)3/h9-10,15,17,20H,5-8,11-12H2,1-4H3/t15-,17-/m0/s1. The summed E-state index contributed by atoms with van der Waals surface area (Å²) in [6.07, 6.45) is 8.02. The fraction of sp³-hybridized carbons (Fsp3) is 0.667. The predicted octanol–water partition coefficient (Wildman–Crippen LogP) is 2.29. The second-order valence-corrected chi connectivity index (χ2v) is 6.52. The zero-order chi connectivity index (χ0) is 17.1. The lowest BCUT2D eigenvalue weighted by atomic mass is 10.0. The molecule has 0 bridgehead atoms. The zero-order valence-electron chi connectivity index (χ0n) is 15.2. The number of aromatic nitrogens is 4. The second kappa shape index (κ2) is 7.49. The lowest BCUT2D eigenvalue weighted by Crippen LogP contribution is -2.40. The van der Waals surface area contributed by atoms with Gasteiger partial charge in [0.25, 0.3) is 0 Å². The van der Waals surface area contributed by atoms with Crippen molar-refractivity contribution < 1.29 is 4.74 Å². The summed E-state index contributed by atoms with van der Waals surface area (Å²) in [5.41, 5.74) is 3.88. The molecule has 6 nitrogen and oxygen atoms in total. The first-order chi connectivity index (χ1) is 11.7. The molecule has 0 amide bonds. The maximum Gasteiger partial charge on any atom is 0.139 e. The number of hydrogen-bond donors (Lipinski definition) is 1. The molecule has 1 aliphatic rings. The highest BCUT2D eigenvalue weighted by Crippen LogP contribution is 2.28. The summed E-state index contributed by atoms with van der Waals surface area (Å²) in [6.45, 7) is 6.02. The first-order valence-electron chi connectivity index (χ1n) is 9.01. The summed E-state index contributed by atoms with van der Waals surface area (Å²) in [4.78, 5) is 4.50. The molecule has 0 radical (unpaired) electrons. The smallest absolute Gasteiger partial charge is 0.139 e. The topological polar surface area (TPSA) is 56.9 Å². The van der Waals surface area contributed by atoms with Gasteiger partial charge in [-0.15, -0.1) is 0 Å². The third-order valence-electron chi connectivity index (χ3n) is 5.00. The van der Waals surface area contributed by atoms with E-state index in [2.05, 4.69) is 33.8 Å². The fourth-order valence-electron chi connectivity index (χ4n) is 3.72. The van der Waals surface area contributed by atoms with Crippen molar-refractivity contribution in [3.63, 3.8) is 0 Å². The van der Waals surface area contributed by atoms with Gasteiger partial charge in [-0.25, -0.2) is 4.98 Å². The average Bonchev–Trinajstić information content (AvgIpc) is 3.15. The van der Waals surface area contributed by atoms with Crippen LogP contribution in [0.4, 0.5) is 0 Å². The van der Waals surface area contributed by atoms with E-state index in [1.165, 1.54) is 17.0 Å². The van der Waals surface area contributed by atoms with Crippen molar-refractivity contribution in [1.29, 1.82) is 0 Å². The molecule has 3 rings (SSSR count). The van der Waals surface area contributed by atoms with E-state index < -0.39 is 0 Å². The van der Waals surface area contributed by atoms with Gasteiger partial charge < -0.3 is 14.6 Å². The van der Waals surface area contributed by atoms with Gasteiger partial charge in [0.2, 0.25) is 0 Å². The molecule has 6 heteroatoms. The van der Waals surface area contributed by atoms with E-state index in [1.807, 2.05) is 31.2 Å². The van der Waals surface area contributed by atoms with Crippen molar-refractivity contribution in [2.24, 2.45) is 14.1 Å². The lowest BCUT2D eigenvalue weighted by Gasteiger charge is -2.32. The van der Waals surface area contributed by atoms with Gasteiger partial charge in [0, 0.05) is 56.9 Å². The maximum atomic E-state index is 6.06. The Morgan fingerprint density at radius 2 is 2.12 bits per heavy atom. The Balaban J connectivity index is 1.76. The van der Waals surface area contributed by atoms with Crippen molar-refractivity contribution >= 4 is 0 Å². The maximum absolute atomic E-state index is 6.06. The third kappa shape index (κ3) is 3.26. The van der Waals surface area contributed by atoms with E-state index in [0.29, 0.717) is 0 Å². The van der Waals surface area contributed by atoms with E-state index in [1.54, 1.807) is 0 Å². The van der Waals surface area contributed by atoms with Crippen molar-refractivity contribution in [2.45, 2.75) is 58.2 Å². The molecule has 2 aromatic rings. The van der Waals surface area contributed by atoms with Crippen LogP contribution in [0.3, 0.4) is 0 Å². The molecular weight excluding hydrogens is 302 g/mol. The molecule has 0 saturated carbocycles. The van der Waals surface area contributed by atoms with Gasteiger partial charge in [0.05, 0.1) is 5.69 Å². The molecule has 2 atom stereocenters. The first-order valence-corrected chi connectivity index (χ1v) is 9.01. The minimum atomic E-state index is 0.0191. The Kier molecular flexibility index (Phi) is 5.36. The van der Waals surface area contributed by atoms with E-state index in [9.17, 15) is 0 Å². The van der Waals surface area contributed by atoms with Crippen LogP contribution in [0.2, 0.25) is 0 Å². The van der Waals surface area contributed by atoms with E-state index >= 15 is 0 Å². The van der Waals surface area contributed by atoms with Crippen LogP contribution in [0.15, 0.2) is 12.4 Å². The summed E-state index contributed by atoms with van der Waals surface area (Å²) in [6, 6.07) is 0.287. The first kappa shape index (κ1) is 17.2. The monoisotopic (exact) mass is 331 g/mol. The lowest BCUT2D eigenvalue weighted by molar-refractivity contribution is -0.0178. The molecule has 1 N–H and O–H groups in total. The number of hydrogen-bond acceptors (Lipinski definition) is 4. The number of rotatable bonds is 6. The Hall–Kier alpha value is -1.66. The largest absolute Gasteiger partial charge is 0.369 e. The Morgan fingerprint density at radius 1 is 1.29 bits per heavy atom. The van der Waals surface area contributed by atoms with Gasteiger partial charge in [0.1, 0.15) is 11.9 Å². The minimum absolute atomic E-state index is 0.0191. The van der Waals surface area contributed by atoms with Gasteiger partial charge in [-0.1, -0.05) is 13.8 Å². The van der Waals surface area contributed by atoms with Crippen molar-refractivity contribution in [3.05, 3.63) is 35.2 Å². The Bertz CT molecular complexity index is 675. The van der Waals surface area contributed by atoms with Crippen LogP contribution in [-0.4, -0.2) is 32.0 Å². The number of imidazole rings is 1. The summed E-state index contributed by atoms with van der Waals surface area (Å²) in [5.74, 6) is 1.00. The highest BCUT2D eigenvalue weighted by atomic mass is 16.5. The molecule has 3 heterocycles. The molecule has 1 fully saturated rings. The van der Waals surface area contributed by atoms with Crippen molar-refractivity contribution in [1.82, 2.24) is 24.6 Å². The summed E-state index contributed by atoms with van der Waals surface area (Å²) < 4.78 is 10.1. The predicted molar refractivity (Wildman–Crippen MR) is 93.7 cm³/mol. The number of nitrogens with one attached hydrogen (secondary N) is 1. The molecule has 0 aliphatic carbocycles. The van der Waals surface area contributed by atoms with Gasteiger partial charge in [-0.3, -0.25) is 4.68 Å². The van der Waals surface area contributed by atoms with Crippen LogP contribution in [0.1, 0.15) is 55.6 Å². The average molecular weight is 331 g/mol. The van der Waals surface area contributed by atoms with Crippen LogP contribution in [0.5, 0.6) is 0 Å². The fourth-order valence-corrected chi connectivity index (χ4v) is 3.72. The second-order valence-electron chi connectivity index (χ2n) is 6.52. The van der Waals surface area contributed by atoms with Crippen LogP contribution < -0.4 is 5.32 Å². The van der Waals surface area contributed by atoms with E-state index in [-0.39, 0.29) is 12.1 Å². The molecule has 0 unspecified atom stereocenters. The van der Waals surface area contributed by atoms with E-state index in [0.717, 1.165) is 44.7 Å². The van der Waals surface area contributed by atoms with Gasteiger partial charge in [0.15, 0.2) is 0 Å². The quantitative estimate of drug-likeness (QED) is 0.882. The highest BCUT2D eigenvalue weighted by molar-refractivity contribution is 5.26. The summed E-state index contributed by atoms with van der Waals surface area (Å²) in [5, 5.41) is 8.41. The van der Waals surface area contributed by atoms with Crippen LogP contribution in [-0.2, 0) is 38.2 Å². The Morgan fingerprint density at radius 3 is 2.79 bits per heavy atom. The summed E-state index contributed by atoms with van der Waals surface area (Å²) >= 11 is 0. The molecule has 132 valence electrons. The summed E-state index contributed by atoms with van der Waals surface area (Å²) in [7, 11) is 4.07. The molecule has 1 saturated heterocycles. The zero-order valence-corrected chi connectivity index (χ0v) is 15.2. The van der Waals surface area contributed by atoms with Crippen molar-refractivity contribution in [2.75, 3.05) is 6.61 Å². The van der Waals surface area contributed by atoms with E-state index in [4.69, 9.17) is 4.74 Å². The van der Waals surface area contributed by atoms with Crippen LogP contribution in [0.25, 0.3) is 0 Å². The molecule has 0 aromatic carbocycles. The molecule has 1 aliphatic heterocycles. The minimum Gasteiger partial charge on any atom is -0.369 e. The molecule has 2 aromatic heterocycles.